The normalized spacial score (nSPS) is 33.2. The summed E-state index contributed by atoms with van der Waals surface area (Å²) in [4.78, 5) is 53.6. The number of ether oxygens (including phenoxy) is 1. The van der Waals surface area contributed by atoms with Crippen LogP contribution >= 0.6 is 0 Å². The van der Waals surface area contributed by atoms with Gasteiger partial charge in [0.2, 0.25) is 11.7 Å². The fourth-order valence-corrected chi connectivity index (χ4v) is 9.35. The Labute approximate surface area is 253 Å². The lowest BCUT2D eigenvalue weighted by Gasteiger charge is -2.58. The van der Waals surface area contributed by atoms with Crippen molar-refractivity contribution in [1.29, 1.82) is 0 Å². The highest BCUT2D eigenvalue weighted by atomic mass is 16.5. The molecule has 1 aromatic heterocycles. The van der Waals surface area contributed by atoms with E-state index in [-0.39, 0.29) is 35.9 Å². The highest BCUT2D eigenvalue weighted by molar-refractivity contribution is 5.92. The molecule has 1 amide bonds. The summed E-state index contributed by atoms with van der Waals surface area (Å²) in [6, 6.07) is 8.00. The third-order valence-corrected chi connectivity index (χ3v) is 11.9. The van der Waals surface area contributed by atoms with E-state index in [2.05, 4.69) is 24.1 Å². The van der Waals surface area contributed by atoms with E-state index in [1.54, 1.807) is 0 Å². The molecule has 8 heteroatoms. The minimum absolute atomic E-state index is 0.0190. The molecule has 6 rings (SSSR count). The highest BCUT2D eigenvalue weighted by Gasteiger charge is 2.66. The Balaban J connectivity index is 0.982. The second kappa shape index (κ2) is 11.3. The second-order valence-electron chi connectivity index (χ2n) is 13.9. The number of esters is 1. The zero-order chi connectivity index (χ0) is 30.4. The number of aliphatic hydroxyl groups is 1. The molecule has 8 nitrogen and oxygen atoms in total. The first-order chi connectivity index (χ1) is 20.5. The number of nitrogens with one attached hydrogen (secondary N) is 2. The molecule has 0 aliphatic heterocycles. The molecule has 43 heavy (non-hydrogen) atoms. The fraction of sp³-hybridized carbons (Fsp3) is 0.600. The Bertz CT molecular complexity index is 1480. The van der Waals surface area contributed by atoms with Crippen LogP contribution in [0.2, 0.25) is 0 Å². The number of H-pyrrole nitrogens is 1. The molecule has 0 saturated heterocycles. The van der Waals surface area contributed by atoms with Crippen molar-refractivity contribution in [2.24, 2.45) is 28.6 Å². The lowest BCUT2D eigenvalue weighted by Crippen LogP contribution is -2.58. The Morgan fingerprint density at radius 1 is 1.02 bits per heavy atom. The van der Waals surface area contributed by atoms with Gasteiger partial charge in [0.1, 0.15) is 5.60 Å². The molecule has 0 radical (unpaired) electrons. The van der Waals surface area contributed by atoms with E-state index in [0.29, 0.717) is 37.6 Å². The third kappa shape index (κ3) is 5.15. The van der Waals surface area contributed by atoms with Crippen LogP contribution < -0.4 is 5.32 Å². The molecule has 6 atom stereocenters. The number of rotatable bonds is 9. The van der Waals surface area contributed by atoms with Crippen LogP contribution in [0.1, 0.15) is 83.6 Å². The van der Waals surface area contributed by atoms with E-state index < -0.39 is 29.4 Å². The molecule has 3 fully saturated rings. The van der Waals surface area contributed by atoms with Gasteiger partial charge in [-0.2, -0.15) is 0 Å². The van der Waals surface area contributed by atoms with E-state index in [1.165, 1.54) is 5.57 Å². The van der Waals surface area contributed by atoms with Crippen molar-refractivity contribution in [3.05, 3.63) is 47.7 Å². The fourth-order valence-electron chi connectivity index (χ4n) is 9.35. The zero-order valence-corrected chi connectivity index (χ0v) is 25.4. The maximum atomic E-state index is 13.4. The largest absolute Gasteiger partial charge is 0.458 e. The molecule has 3 saturated carbocycles. The highest BCUT2D eigenvalue weighted by Crippen LogP contribution is 2.67. The van der Waals surface area contributed by atoms with E-state index >= 15 is 0 Å². The van der Waals surface area contributed by atoms with Crippen molar-refractivity contribution in [3.8, 4) is 0 Å². The number of allylic oxidation sites excluding steroid dienone is 1. The summed E-state index contributed by atoms with van der Waals surface area (Å²) in [7, 11) is 0. The number of hydrogen-bond acceptors (Lipinski definition) is 6. The molecular formula is C35H44N2O6. The summed E-state index contributed by atoms with van der Waals surface area (Å²) in [6.45, 7) is 4.36. The summed E-state index contributed by atoms with van der Waals surface area (Å²) in [5.74, 6) is 0.0438. The number of fused-ring (bicyclic) bond motifs is 6. The van der Waals surface area contributed by atoms with E-state index in [4.69, 9.17) is 4.74 Å². The number of aromatic amines is 1. The van der Waals surface area contributed by atoms with Crippen molar-refractivity contribution in [2.45, 2.75) is 90.1 Å². The van der Waals surface area contributed by atoms with Crippen molar-refractivity contribution in [3.63, 3.8) is 0 Å². The number of ketones is 2. The number of benzene rings is 1. The number of para-hydroxylation sites is 1. The molecule has 3 N–H and O–H groups in total. The predicted octanol–water partition coefficient (Wildman–Crippen LogP) is 4.98. The molecule has 0 unspecified atom stereocenters. The standard InChI is InChI=1S/C35H44N2O6/c1-33-15-11-24(38)19-23(33)7-8-26-27(33)12-16-34(2)28(26)13-17-35(34,42)30(39)21-43-32(41)10-9-31(40)36-18-14-22-20-37-29-6-4-3-5-25(22)29/h3-6,19-20,26-28,37,42H,7-18,21H2,1-2H3,(H,36,40)/t26-,27+,28+,33-,34-,35-/m0/s1. The van der Waals surface area contributed by atoms with Gasteiger partial charge in [0, 0.05) is 41.9 Å². The van der Waals surface area contributed by atoms with Crippen LogP contribution in [0, 0.1) is 28.6 Å². The monoisotopic (exact) mass is 588 g/mol. The molecule has 1 aromatic carbocycles. The van der Waals surface area contributed by atoms with E-state index in [1.807, 2.05) is 36.5 Å². The summed E-state index contributed by atoms with van der Waals surface area (Å²) in [5.41, 5.74) is 1.41. The van der Waals surface area contributed by atoms with Gasteiger partial charge in [-0.1, -0.05) is 37.6 Å². The average Bonchev–Trinajstić information content (AvgIpc) is 3.53. The van der Waals surface area contributed by atoms with Crippen molar-refractivity contribution in [2.75, 3.05) is 13.2 Å². The summed E-state index contributed by atoms with van der Waals surface area (Å²) in [6.07, 6.45) is 10.6. The van der Waals surface area contributed by atoms with Crippen molar-refractivity contribution >= 4 is 34.3 Å². The van der Waals surface area contributed by atoms with Gasteiger partial charge in [0.05, 0.1) is 6.42 Å². The smallest absolute Gasteiger partial charge is 0.306 e. The van der Waals surface area contributed by atoms with Gasteiger partial charge in [0.25, 0.3) is 0 Å². The van der Waals surface area contributed by atoms with Crippen LogP contribution in [0.5, 0.6) is 0 Å². The lowest BCUT2D eigenvalue weighted by atomic mass is 9.46. The van der Waals surface area contributed by atoms with Gasteiger partial charge in [-0.25, -0.2) is 0 Å². The molecule has 4 aliphatic carbocycles. The topological polar surface area (TPSA) is 126 Å². The molecule has 0 spiro atoms. The molecule has 1 heterocycles. The third-order valence-electron chi connectivity index (χ3n) is 11.9. The number of amides is 1. The number of Topliss-reactive ketones (excluding diaryl/α,β-unsaturated/α-hetero) is 1. The minimum atomic E-state index is -1.53. The average molecular weight is 589 g/mol. The van der Waals surface area contributed by atoms with Gasteiger partial charge in [-0.15, -0.1) is 0 Å². The van der Waals surface area contributed by atoms with Gasteiger partial charge < -0.3 is 20.1 Å². The zero-order valence-electron chi connectivity index (χ0n) is 25.4. The Morgan fingerprint density at radius 2 is 1.81 bits per heavy atom. The lowest BCUT2D eigenvalue weighted by molar-refractivity contribution is -0.170. The molecular weight excluding hydrogens is 544 g/mol. The van der Waals surface area contributed by atoms with Gasteiger partial charge in [0.15, 0.2) is 12.4 Å². The van der Waals surface area contributed by atoms with Crippen LogP contribution in [0.25, 0.3) is 10.9 Å². The number of carbonyl (C=O) groups is 4. The Morgan fingerprint density at radius 3 is 2.65 bits per heavy atom. The quantitative estimate of drug-likeness (QED) is 0.355. The first-order valence-electron chi connectivity index (χ1n) is 16.0. The number of hydrogen-bond donors (Lipinski definition) is 3. The molecule has 2 aromatic rings. The minimum Gasteiger partial charge on any atom is -0.458 e. The first kappa shape index (κ1) is 29.8. The maximum absolute atomic E-state index is 13.4. The van der Waals surface area contributed by atoms with Crippen LogP contribution in [-0.4, -0.2) is 52.3 Å². The summed E-state index contributed by atoms with van der Waals surface area (Å²) in [5, 5.41) is 15.8. The first-order valence-corrected chi connectivity index (χ1v) is 16.0. The van der Waals surface area contributed by atoms with Gasteiger partial charge >= 0.3 is 5.97 Å². The second-order valence-corrected chi connectivity index (χ2v) is 13.9. The van der Waals surface area contributed by atoms with Crippen molar-refractivity contribution in [1.82, 2.24) is 10.3 Å². The molecule has 4 aliphatic rings. The maximum Gasteiger partial charge on any atom is 0.306 e. The molecule has 0 bridgehead atoms. The van der Waals surface area contributed by atoms with E-state index in [9.17, 15) is 24.3 Å². The summed E-state index contributed by atoms with van der Waals surface area (Å²) >= 11 is 0. The van der Waals surface area contributed by atoms with Crippen LogP contribution in [-0.2, 0) is 30.3 Å². The Kier molecular flexibility index (Phi) is 7.86. The van der Waals surface area contributed by atoms with Gasteiger partial charge in [-0.05, 0) is 92.2 Å². The predicted molar refractivity (Wildman–Crippen MR) is 162 cm³/mol. The van der Waals surface area contributed by atoms with Crippen LogP contribution in [0.3, 0.4) is 0 Å². The number of aromatic nitrogens is 1. The van der Waals surface area contributed by atoms with E-state index in [0.717, 1.165) is 55.0 Å². The van der Waals surface area contributed by atoms with Crippen LogP contribution in [0.15, 0.2) is 42.1 Å². The summed E-state index contributed by atoms with van der Waals surface area (Å²) < 4.78 is 5.30. The van der Waals surface area contributed by atoms with Crippen molar-refractivity contribution < 1.29 is 29.0 Å². The van der Waals surface area contributed by atoms with Gasteiger partial charge in [-0.3, -0.25) is 19.2 Å². The SMILES string of the molecule is C[C@]12CCC(=O)C=C1CC[C@H]1[C@H]2CC[C@@]2(C)[C@@H]1CC[C@]2(O)C(=O)COC(=O)CCC(=O)NCCc1c[nH]c2ccccc12. The number of carbonyl (C=O) groups excluding carboxylic acids is 4. The Hall–Kier alpha value is -3.26. The van der Waals surface area contributed by atoms with Crippen LogP contribution in [0.4, 0.5) is 0 Å². The molecule has 230 valence electrons.